The average Bonchev–Trinajstić information content (AvgIpc) is 2.40. The highest BCUT2D eigenvalue weighted by Crippen LogP contribution is 2.21. The number of likely N-dealkylation sites (tertiary alicyclic amines) is 2. The van der Waals surface area contributed by atoms with Crippen molar-refractivity contribution in [3.63, 3.8) is 0 Å². The number of piperidine rings is 2. The Morgan fingerprint density at radius 2 is 1.71 bits per heavy atom. The molecule has 0 aliphatic carbocycles. The fraction of sp³-hybridized carbons (Fsp3) is 1.00. The van der Waals surface area contributed by atoms with Crippen LogP contribution in [-0.4, -0.2) is 55.1 Å². The molecule has 2 aliphatic heterocycles. The molecular formula is C14H29N3. The van der Waals surface area contributed by atoms with Gasteiger partial charge in [-0.15, -0.1) is 0 Å². The van der Waals surface area contributed by atoms with Gasteiger partial charge in [0.2, 0.25) is 0 Å². The first kappa shape index (κ1) is 13.3. The van der Waals surface area contributed by atoms with Crippen LogP contribution in [0.3, 0.4) is 0 Å². The number of nitrogens with two attached hydrogens (primary N) is 1. The van der Waals surface area contributed by atoms with E-state index in [2.05, 4.69) is 16.7 Å². The minimum absolute atomic E-state index is 0.654. The van der Waals surface area contributed by atoms with Gasteiger partial charge < -0.3 is 15.5 Å². The summed E-state index contributed by atoms with van der Waals surface area (Å²) in [6.07, 6.45) is 7.03. The first-order chi connectivity index (χ1) is 8.29. The summed E-state index contributed by atoms with van der Waals surface area (Å²) in [4.78, 5) is 5.35. The molecule has 2 rings (SSSR count). The maximum Gasteiger partial charge on any atom is 0.0120 e. The molecule has 1 atom stereocenters. The first-order valence-electron chi connectivity index (χ1n) is 7.46. The number of rotatable bonds is 4. The molecule has 2 N–H and O–H groups in total. The summed E-state index contributed by atoms with van der Waals surface area (Å²) in [6, 6.07) is 0.875. The van der Waals surface area contributed by atoms with Crippen LogP contribution in [-0.2, 0) is 0 Å². The lowest BCUT2D eigenvalue weighted by Gasteiger charge is -2.40. The molecule has 0 spiro atoms. The molecule has 0 aromatic heterocycles. The third kappa shape index (κ3) is 3.94. The summed E-state index contributed by atoms with van der Waals surface area (Å²) in [5.41, 5.74) is 5.70. The lowest BCUT2D eigenvalue weighted by atomic mass is 9.99. The molecule has 0 aromatic carbocycles. The van der Waals surface area contributed by atoms with Gasteiger partial charge in [-0.2, -0.15) is 0 Å². The molecule has 0 aromatic rings. The molecule has 2 fully saturated rings. The van der Waals surface area contributed by atoms with Gasteiger partial charge in [0, 0.05) is 12.6 Å². The standard InChI is InChI=1S/C14H29N3/c1-13(11-15)12-16-9-5-14(6-10-16)17-7-3-2-4-8-17/h13-14H,2-12,15H2,1H3. The highest BCUT2D eigenvalue weighted by atomic mass is 15.2. The third-order valence-electron chi connectivity index (χ3n) is 4.44. The Morgan fingerprint density at radius 1 is 1.06 bits per heavy atom. The average molecular weight is 239 g/mol. The Bertz CT molecular complexity index is 206. The number of hydrogen-bond acceptors (Lipinski definition) is 3. The summed E-state index contributed by atoms with van der Waals surface area (Å²) < 4.78 is 0. The fourth-order valence-corrected chi connectivity index (χ4v) is 3.27. The summed E-state index contributed by atoms with van der Waals surface area (Å²) in [5, 5.41) is 0. The number of hydrogen-bond donors (Lipinski definition) is 1. The minimum atomic E-state index is 0.654. The van der Waals surface area contributed by atoms with E-state index in [1.165, 1.54) is 64.8 Å². The molecule has 2 heterocycles. The molecule has 0 amide bonds. The van der Waals surface area contributed by atoms with Gasteiger partial charge in [0.1, 0.15) is 0 Å². The van der Waals surface area contributed by atoms with E-state index in [0.717, 1.165) is 12.6 Å². The predicted octanol–water partition coefficient (Wildman–Crippen LogP) is 1.53. The smallest absolute Gasteiger partial charge is 0.0120 e. The molecule has 0 bridgehead atoms. The van der Waals surface area contributed by atoms with Crippen LogP contribution in [0.2, 0.25) is 0 Å². The third-order valence-corrected chi connectivity index (χ3v) is 4.44. The molecule has 0 radical (unpaired) electrons. The molecule has 3 nitrogen and oxygen atoms in total. The largest absolute Gasteiger partial charge is 0.330 e. The van der Waals surface area contributed by atoms with E-state index in [1.54, 1.807) is 0 Å². The molecule has 2 saturated heterocycles. The number of nitrogens with zero attached hydrogens (tertiary/aromatic N) is 2. The summed E-state index contributed by atoms with van der Waals surface area (Å²) in [7, 11) is 0. The van der Waals surface area contributed by atoms with Crippen molar-refractivity contribution >= 4 is 0 Å². The van der Waals surface area contributed by atoms with E-state index < -0.39 is 0 Å². The lowest BCUT2D eigenvalue weighted by molar-refractivity contribution is 0.0870. The van der Waals surface area contributed by atoms with Gasteiger partial charge in [-0.25, -0.2) is 0 Å². The van der Waals surface area contributed by atoms with Crippen molar-refractivity contribution in [1.82, 2.24) is 9.80 Å². The molecule has 3 heteroatoms. The maximum atomic E-state index is 5.70. The van der Waals surface area contributed by atoms with Gasteiger partial charge >= 0.3 is 0 Å². The predicted molar refractivity (Wildman–Crippen MR) is 73.1 cm³/mol. The van der Waals surface area contributed by atoms with Crippen LogP contribution in [0.25, 0.3) is 0 Å². The van der Waals surface area contributed by atoms with Crippen LogP contribution in [0, 0.1) is 5.92 Å². The van der Waals surface area contributed by atoms with Crippen molar-refractivity contribution in [2.24, 2.45) is 11.7 Å². The molecule has 0 saturated carbocycles. The van der Waals surface area contributed by atoms with Crippen LogP contribution in [0.5, 0.6) is 0 Å². The quantitative estimate of drug-likeness (QED) is 0.807. The maximum absolute atomic E-state index is 5.70. The Hall–Kier alpha value is -0.120. The zero-order valence-electron chi connectivity index (χ0n) is 11.4. The van der Waals surface area contributed by atoms with Crippen LogP contribution >= 0.6 is 0 Å². The van der Waals surface area contributed by atoms with Crippen LogP contribution in [0.4, 0.5) is 0 Å². The molecule has 100 valence electrons. The highest BCUT2D eigenvalue weighted by Gasteiger charge is 2.25. The molecular weight excluding hydrogens is 210 g/mol. The van der Waals surface area contributed by atoms with Crippen LogP contribution < -0.4 is 5.73 Å². The van der Waals surface area contributed by atoms with Crippen molar-refractivity contribution < 1.29 is 0 Å². The van der Waals surface area contributed by atoms with Crippen LogP contribution in [0.15, 0.2) is 0 Å². The van der Waals surface area contributed by atoms with Gasteiger partial charge in [-0.3, -0.25) is 0 Å². The van der Waals surface area contributed by atoms with E-state index in [0.29, 0.717) is 5.92 Å². The second kappa shape index (κ2) is 6.72. The summed E-state index contributed by atoms with van der Waals surface area (Å²) in [6.45, 7) is 9.55. The van der Waals surface area contributed by atoms with E-state index in [9.17, 15) is 0 Å². The van der Waals surface area contributed by atoms with Gasteiger partial charge in [0.25, 0.3) is 0 Å². The van der Waals surface area contributed by atoms with Crippen molar-refractivity contribution in [2.45, 2.75) is 45.1 Å². The highest BCUT2D eigenvalue weighted by molar-refractivity contribution is 4.82. The first-order valence-corrected chi connectivity index (χ1v) is 7.46. The van der Waals surface area contributed by atoms with Gasteiger partial charge in [0.05, 0.1) is 0 Å². The van der Waals surface area contributed by atoms with Crippen molar-refractivity contribution in [1.29, 1.82) is 0 Å². The van der Waals surface area contributed by atoms with Gasteiger partial charge in [0.15, 0.2) is 0 Å². The van der Waals surface area contributed by atoms with Crippen molar-refractivity contribution in [2.75, 3.05) is 39.3 Å². The zero-order valence-corrected chi connectivity index (χ0v) is 11.4. The minimum Gasteiger partial charge on any atom is -0.330 e. The molecule has 1 unspecified atom stereocenters. The second-order valence-electron chi connectivity index (χ2n) is 5.97. The Balaban J connectivity index is 1.70. The molecule has 2 aliphatic rings. The monoisotopic (exact) mass is 239 g/mol. The van der Waals surface area contributed by atoms with E-state index in [1.807, 2.05) is 0 Å². The van der Waals surface area contributed by atoms with E-state index >= 15 is 0 Å². The fourth-order valence-electron chi connectivity index (χ4n) is 3.27. The summed E-state index contributed by atoms with van der Waals surface area (Å²) in [5.74, 6) is 0.654. The van der Waals surface area contributed by atoms with Crippen molar-refractivity contribution in [3.05, 3.63) is 0 Å². The van der Waals surface area contributed by atoms with Gasteiger partial charge in [-0.1, -0.05) is 13.3 Å². The van der Waals surface area contributed by atoms with E-state index in [-0.39, 0.29) is 0 Å². The topological polar surface area (TPSA) is 32.5 Å². The Labute approximate surface area is 106 Å². The zero-order chi connectivity index (χ0) is 12.1. The second-order valence-corrected chi connectivity index (χ2v) is 5.97. The van der Waals surface area contributed by atoms with Crippen molar-refractivity contribution in [3.8, 4) is 0 Å². The van der Waals surface area contributed by atoms with Crippen LogP contribution in [0.1, 0.15) is 39.0 Å². The van der Waals surface area contributed by atoms with E-state index in [4.69, 9.17) is 5.73 Å². The lowest BCUT2D eigenvalue weighted by Crippen LogP contribution is -2.47. The summed E-state index contributed by atoms with van der Waals surface area (Å²) >= 11 is 0. The Morgan fingerprint density at radius 3 is 2.29 bits per heavy atom. The Kier molecular flexibility index (Phi) is 5.26. The SMILES string of the molecule is CC(CN)CN1CCC(N2CCCCC2)CC1. The normalized spacial score (nSPS) is 27.2. The molecule has 17 heavy (non-hydrogen) atoms. The van der Waals surface area contributed by atoms with Gasteiger partial charge in [-0.05, 0) is 64.3 Å².